The van der Waals surface area contributed by atoms with E-state index in [2.05, 4.69) is 0 Å². The Kier molecular flexibility index (Phi) is 2.16. The minimum atomic E-state index is 0.748. The first-order valence-electron chi connectivity index (χ1n) is 3.41. The Morgan fingerprint density at radius 1 is 1.45 bits per heavy atom. The molecule has 2 nitrogen and oxygen atoms in total. The summed E-state index contributed by atoms with van der Waals surface area (Å²) in [6.07, 6.45) is 2.66. The van der Waals surface area contributed by atoms with Crippen LogP contribution in [0.4, 0.5) is 5.69 Å². The smallest absolute Gasteiger partial charge is 0.0797 e. The van der Waals surface area contributed by atoms with Crippen molar-refractivity contribution in [2.75, 3.05) is 5.73 Å². The Morgan fingerprint density at radius 3 is 2.73 bits per heavy atom. The number of hydrogen-bond acceptors (Lipinski definition) is 2. The molecule has 0 amide bonds. The van der Waals surface area contributed by atoms with Crippen LogP contribution < -0.4 is 5.73 Å². The molecule has 0 saturated heterocycles. The van der Waals surface area contributed by atoms with E-state index in [1.165, 1.54) is 0 Å². The van der Waals surface area contributed by atoms with E-state index < -0.39 is 0 Å². The highest BCUT2D eigenvalue weighted by atomic mass is 16.2. The standard InChI is InChI=1S/C9H11NO/c1-7-6-9(10)3-2-8(7)4-5-11/h2-6,11H,10H2,1H3/b5-4-. The summed E-state index contributed by atoms with van der Waals surface area (Å²) < 4.78 is 0. The van der Waals surface area contributed by atoms with Gasteiger partial charge in [-0.15, -0.1) is 0 Å². The summed E-state index contributed by atoms with van der Waals surface area (Å²) in [5.41, 5.74) is 8.34. The molecule has 1 rings (SSSR count). The molecule has 0 aromatic heterocycles. The van der Waals surface area contributed by atoms with Gasteiger partial charge in [-0.1, -0.05) is 6.07 Å². The number of nitrogens with two attached hydrogens (primary N) is 1. The third kappa shape index (κ3) is 1.74. The minimum Gasteiger partial charge on any atom is -0.516 e. The summed E-state index contributed by atoms with van der Waals surface area (Å²) in [5.74, 6) is 0. The van der Waals surface area contributed by atoms with Crippen LogP contribution in [0, 0.1) is 6.92 Å². The maximum Gasteiger partial charge on any atom is 0.0797 e. The lowest BCUT2D eigenvalue weighted by atomic mass is 10.1. The van der Waals surface area contributed by atoms with Crippen molar-refractivity contribution in [2.45, 2.75) is 6.92 Å². The predicted molar refractivity (Wildman–Crippen MR) is 47.3 cm³/mol. The number of hydrogen-bond donors (Lipinski definition) is 2. The van der Waals surface area contributed by atoms with Gasteiger partial charge in [0.2, 0.25) is 0 Å². The molecule has 1 aromatic rings. The van der Waals surface area contributed by atoms with Crippen LogP contribution in [-0.4, -0.2) is 5.11 Å². The van der Waals surface area contributed by atoms with Gasteiger partial charge in [0.25, 0.3) is 0 Å². The summed E-state index contributed by atoms with van der Waals surface area (Å²) in [6, 6.07) is 5.55. The third-order valence-electron chi connectivity index (χ3n) is 1.55. The second-order valence-corrected chi connectivity index (χ2v) is 2.43. The zero-order valence-corrected chi connectivity index (χ0v) is 6.41. The number of nitrogen functional groups attached to an aromatic ring is 1. The summed E-state index contributed by atoms with van der Waals surface area (Å²) >= 11 is 0. The van der Waals surface area contributed by atoms with Gasteiger partial charge < -0.3 is 10.8 Å². The summed E-state index contributed by atoms with van der Waals surface area (Å²) in [5, 5.41) is 8.50. The average Bonchev–Trinajstić information content (AvgIpc) is 1.95. The summed E-state index contributed by atoms with van der Waals surface area (Å²) in [4.78, 5) is 0. The van der Waals surface area contributed by atoms with Crippen molar-refractivity contribution >= 4 is 11.8 Å². The molecule has 11 heavy (non-hydrogen) atoms. The Balaban J connectivity index is 3.09. The lowest BCUT2D eigenvalue weighted by Gasteiger charge is -1.99. The van der Waals surface area contributed by atoms with Crippen LogP contribution in [0.15, 0.2) is 24.5 Å². The van der Waals surface area contributed by atoms with Crippen molar-refractivity contribution in [3.8, 4) is 0 Å². The molecule has 58 valence electrons. The molecule has 0 bridgehead atoms. The number of aliphatic hydroxyl groups is 1. The van der Waals surface area contributed by atoms with Crippen LogP contribution >= 0.6 is 0 Å². The summed E-state index contributed by atoms with van der Waals surface area (Å²) in [6.45, 7) is 1.95. The van der Waals surface area contributed by atoms with Crippen LogP contribution in [-0.2, 0) is 0 Å². The highest BCUT2D eigenvalue weighted by Gasteiger charge is 1.92. The van der Waals surface area contributed by atoms with E-state index in [-0.39, 0.29) is 0 Å². The lowest BCUT2D eigenvalue weighted by molar-refractivity contribution is 0.478. The topological polar surface area (TPSA) is 46.2 Å². The van der Waals surface area contributed by atoms with Crippen molar-refractivity contribution in [3.05, 3.63) is 35.6 Å². The van der Waals surface area contributed by atoms with Crippen molar-refractivity contribution in [1.29, 1.82) is 0 Å². The molecule has 0 saturated carbocycles. The molecule has 0 radical (unpaired) electrons. The molecule has 0 atom stereocenters. The molecule has 3 N–H and O–H groups in total. The van der Waals surface area contributed by atoms with Gasteiger partial charge in [0.05, 0.1) is 6.26 Å². The fourth-order valence-corrected chi connectivity index (χ4v) is 0.966. The van der Waals surface area contributed by atoms with Gasteiger partial charge in [-0.25, -0.2) is 0 Å². The zero-order valence-electron chi connectivity index (χ0n) is 6.41. The Morgan fingerprint density at radius 2 is 2.18 bits per heavy atom. The number of benzene rings is 1. The second-order valence-electron chi connectivity index (χ2n) is 2.43. The quantitative estimate of drug-likeness (QED) is 0.474. The normalized spacial score (nSPS) is 10.6. The van der Waals surface area contributed by atoms with E-state index in [1.807, 2.05) is 25.1 Å². The van der Waals surface area contributed by atoms with Gasteiger partial charge >= 0.3 is 0 Å². The van der Waals surface area contributed by atoms with E-state index in [9.17, 15) is 0 Å². The highest BCUT2D eigenvalue weighted by molar-refractivity contribution is 5.57. The van der Waals surface area contributed by atoms with Gasteiger partial charge in [0, 0.05) is 5.69 Å². The number of rotatable bonds is 1. The van der Waals surface area contributed by atoms with Crippen molar-refractivity contribution < 1.29 is 5.11 Å². The van der Waals surface area contributed by atoms with Crippen molar-refractivity contribution in [2.24, 2.45) is 0 Å². The molecular formula is C9H11NO. The largest absolute Gasteiger partial charge is 0.516 e. The van der Waals surface area contributed by atoms with Gasteiger partial charge in [0.1, 0.15) is 0 Å². The van der Waals surface area contributed by atoms with Crippen LogP contribution in [0.25, 0.3) is 6.08 Å². The first-order chi connectivity index (χ1) is 5.24. The van der Waals surface area contributed by atoms with Crippen molar-refractivity contribution in [1.82, 2.24) is 0 Å². The van der Waals surface area contributed by atoms with Gasteiger partial charge in [-0.2, -0.15) is 0 Å². The zero-order chi connectivity index (χ0) is 8.27. The number of anilines is 1. The lowest BCUT2D eigenvalue weighted by Crippen LogP contribution is -1.87. The monoisotopic (exact) mass is 149 g/mol. The maximum absolute atomic E-state index is 8.50. The predicted octanol–water partition coefficient (Wildman–Crippen LogP) is 2.11. The minimum absolute atomic E-state index is 0.748. The second kappa shape index (κ2) is 3.10. The van der Waals surface area contributed by atoms with Gasteiger partial charge in [-0.05, 0) is 36.3 Å². The Bertz CT molecular complexity index is 279. The van der Waals surface area contributed by atoms with Crippen LogP contribution in [0.1, 0.15) is 11.1 Å². The average molecular weight is 149 g/mol. The van der Waals surface area contributed by atoms with Crippen LogP contribution in [0.2, 0.25) is 0 Å². The SMILES string of the molecule is Cc1cc(N)ccc1/C=C\O. The fraction of sp³-hybridized carbons (Fsp3) is 0.111. The fourth-order valence-electron chi connectivity index (χ4n) is 0.966. The molecule has 0 spiro atoms. The van der Waals surface area contributed by atoms with Crippen molar-refractivity contribution in [3.63, 3.8) is 0 Å². The molecule has 0 unspecified atom stereocenters. The molecular weight excluding hydrogens is 138 g/mol. The van der Waals surface area contributed by atoms with Gasteiger partial charge in [-0.3, -0.25) is 0 Å². The third-order valence-corrected chi connectivity index (χ3v) is 1.55. The van der Waals surface area contributed by atoms with E-state index in [1.54, 1.807) is 6.08 Å². The van der Waals surface area contributed by atoms with E-state index in [0.717, 1.165) is 23.1 Å². The molecule has 0 aliphatic heterocycles. The molecule has 0 aliphatic rings. The number of aliphatic hydroxyl groups excluding tert-OH is 1. The van der Waals surface area contributed by atoms with Crippen LogP contribution in [0.3, 0.4) is 0 Å². The maximum atomic E-state index is 8.50. The van der Waals surface area contributed by atoms with Crippen LogP contribution in [0.5, 0.6) is 0 Å². The van der Waals surface area contributed by atoms with E-state index >= 15 is 0 Å². The van der Waals surface area contributed by atoms with Gasteiger partial charge in [0.15, 0.2) is 0 Å². The van der Waals surface area contributed by atoms with E-state index in [4.69, 9.17) is 10.8 Å². The highest BCUT2D eigenvalue weighted by Crippen LogP contribution is 2.13. The Labute approximate surface area is 66.0 Å². The molecule has 0 fully saturated rings. The Hall–Kier alpha value is -1.44. The molecule has 2 heteroatoms. The summed E-state index contributed by atoms with van der Waals surface area (Å²) in [7, 11) is 0. The van der Waals surface area contributed by atoms with E-state index in [0.29, 0.717) is 0 Å². The first kappa shape index (κ1) is 7.66. The molecule has 0 heterocycles. The first-order valence-corrected chi connectivity index (χ1v) is 3.41. The molecule has 0 aliphatic carbocycles. The molecule has 1 aromatic carbocycles. The number of aryl methyl sites for hydroxylation is 1.